The SMILES string of the molecule is CC(=O)N[C@@H](Cc1ccc(F)cc1)[C@H](O)CN[C@H]1CC2(CCC2)Nc2ccc(CC(C)(C)C)cc21. The van der Waals surface area contributed by atoms with Gasteiger partial charge in [0.05, 0.1) is 12.1 Å². The summed E-state index contributed by atoms with van der Waals surface area (Å²) in [6, 6.07) is 12.6. The predicted molar refractivity (Wildman–Crippen MR) is 139 cm³/mol. The highest BCUT2D eigenvalue weighted by Gasteiger charge is 2.43. The molecule has 1 spiro atoms. The predicted octanol–water partition coefficient (Wildman–Crippen LogP) is 4.89. The van der Waals surface area contributed by atoms with Crippen LogP contribution in [0.2, 0.25) is 0 Å². The lowest BCUT2D eigenvalue weighted by molar-refractivity contribution is -0.120. The van der Waals surface area contributed by atoms with Gasteiger partial charge in [0, 0.05) is 30.7 Å². The summed E-state index contributed by atoms with van der Waals surface area (Å²) in [5, 5.41) is 21.4. The van der Waals surface area contributed by atoms with E-state index in [-0.39, 0.29) is 28.7 Å². The molecule has 2 aliphatic rings. The molecule has 0 bridgehead atoms. The number of aliphatic hydroxyl groups excluding tert-OH is 1. The number of amides is 1. The second-order valence-corrected chi connectivity index (χ2v) is 11.8. The van der Waals surface area contributed by atoms with Gasteiger partial charge in [0.1, 0.15) is 5.82 Å². The first kappa shape index (κ1) is 25.6. The minimum absolute atomic E-state index is 0.130. The maximum Gasteiger partial charge on any atom is 0.217 e. The molecule has 0 unspecified atom stereocenters. The zero-order valence-corrected chi connectivity index (χ0v) is 21.5. The summed E-state index contributed by atoms with van der Waals surface area (Å²) < 4.78 is 13.3. The first-order valence-electron chi connectivity index (χ1n) is 12.9. The van der Waals surface area contributed by atoms with Crippen LogP contribution in [-0.4, -0.2) is 35.2 Å². The highest BCUT2D eigenvalue weighted by molar-refractivity contribution is 5.73. The normalized spacial score (nSPS) is 20.3. The molecule has 5 nitrogen and oxygen atoms in total. The Hall–Kier alpha value is -2.44. The van der Waals surface area contributed by atoms with Crippen molar-refractivity contribution in [1.29, 1.82) is 0 Å². The third-order valence-electron chi connectivity index (χ3n) is 7.33. The number of nitrogens with one attached hydrogen (secondary N) is 3. The van der Waals surface area contributed by atoms with Gasteiger partial charge in [-0.25, -0.2) is 4.39 Å². The number of rotatable bonds is 8. The number of benzene rings is 2. The summed E-state index contributed by atoms with van der Waals surface area (Å²) in [5.74, 6) is -0.490. The van der Waals surface area contributed by atoms with Gasteiger partial charge in [-0.1, -0.05) is 45.0 Å². The fourth-order valence-corrected chi connectivity index (χ4v) is 5.51. The average molecular weight is 482 g/mol. The van der Waals surface area contributed by atoms with Crippen molar-refractivity contribution in [2.24, 2.45) is 5.41 Å². The van der Waals surface area contributed by atoms with Crippen molar-refractivity contribution in [2.45, 2.75) is 89.9 Å². The molecule has 1 aliphatic heterocycles. The molecule has 190 valence electrons. The molecule has 0 aromatic heterocycles. The summed E-state index contributed by atoms with van der Waals surface area (Å²) >= 11 is 0. The summed E-state index contributed by atoms with van der Waals surface area (Å²) in [4.78, 5) is 11.8. The van der Waals surface area contributed by atoms with E-state index < -0.39 is 12.1 Å². The van der Waals surface area contributed by atoms with Crippen molar-refractivity contribution < 1.29 is 14.3 Å². The Morgan fingerprint density at radius 2 is 1.86 bits per heavy atom. The van der Waals surface area contributed by atoms with Gasteiger partial charge in [0.25, 0.3) is 0 Å². The van der Waals surface area contributed by atoms with Crippen molar-refractivity contribution >= 4 is 11.6 Å². The summed E-state index contributed by atoms with van der Waals surface area (Å²) in [7, 11) is 0. The van der Waals surface area contributed by atoms with Crippen molar-refractivity contribution in [3.8, 4) is 0 Å². The minimum atomic E-state index is -0.780. The van der Waals surface area contributed by atoms with Crippen LogP contribution in [0.5, 0.6) is 0 Å². The lowest BCUT2D eigenvalue weighted by Gasteiger charge is -2.50. The molecule has 3 atom stereocenters. The Labute approximate surface area is 208 Å². The first-order chi connectivity index (χ1) is 16.5. The molecule has 35 heavy (non-hydrogen) atoms. The van der Waals surface area contributed by atoms with Gasteiger partial charge in [-0.15, -0.1) is 0 Å². The highest BCUT2D eigenvalue weighted by atomic mass is 19.1. The smallest absolute Gasteiger partial charge is 0.217 e. The molecule has 4 N–H and O–H groups in total. The number of aliphatic hydroxyl groups is 1. The van der Waals surface area contributed by atoms with Gasteiger partial charge >= 0.3 is 0 Å². The van der Waals surface area contributed by atoms with Crippen LogP contribution in [0, 0.1) is 11.2 Å². The number of anilines is 1. The molecule has 0 radical (unpaired) electrons. The monoisotopic (exact) mass is 481 g/mol. The molecule has 2 aromatic carbocycles. The average Bonchev–Trinajstić information content (AvgIpc) is 2.75. The molecule has 4 rings (SSSR count). The Morgan fingerprint density at radius 1 is 1.17 bits per heavy atom. The van der Waals surface area contributed by atoms with E-state index in [0.29, 0.717) is 13.0 Å². The number of hydrogen-bond donors (Lipinski definition) is 4. The zero-order chi connectivity index (χ0) is 25.2. The molecule has 6 heteroatoms. The van der Waals surface area contributed by atoms with E-state index in [1.54, 1.807) is 12.1 Å². The maximum absolute atomic E-state index is 13.3. The minimum Gasteiger partial charge on any atom is -0.390 e. The maximum atomic E-state index is 13.3. The van der Waals surface area contributed by atoms with Gasteiger partial charge in [0.15, 0.2) is 0 Å². The van der Waals surface area contributed by atoms with E-state index in [9.17, 15) is 14.3 Å². The first-order valence-corrected chi connectivity index (χ1v) is 12.9. The number of fused-ring (bicyclic) bond motifs is 1. The van der Waals surface area contributed by atoms with Crippen molar-refractivity contribution in [3.05, 3.63) is 65.0 Å². The van der Waals surface area contributed by atoms with Crippen LogP contribution in [0.3, 0.4) is 0 Å². The molecule has 1 fully saturated rings. The van der Waals surface area contributed by atoms with E-state index >= 15 is 0 Å². The fraction of sp³-hybridized carbons (Fsp3) is 0.552. The molecule has 1 aliphatic carbocycles. The van der Waals surface area contributed by atoms with E-state index in [2.05, 4.69) is 54.9 Å². The van der Waals surface area contributed by atoms with E-state index in [1.807, 2.05) is 0 Å². The summed E-state index contributed by atoms with van der Waals surface area (Å²) in [5.41, 5.74) is 4.97. The van der Waals surface area contributed by atoms with Gasteiger partial charge in [-0.3, -0.25) is 4.79 Å². The molecule has 0 saturated heterocycles. The molecule has 2 aromatic rings. The topological polar surface area (TPSA) is 73.4 Å². The Kier molecular flexibility index (Phi) is 7.53. The standard InChI is InChI=1S/C29H40FN3O2/c1-19(34)32-25(15-20-6-9-22(30)10-7-20)27(35)18-31-26-17-29(12-5-13-29)33-24-11-8-21(14-23(24)26)16-28(2,3)4/h6-11,14,25-27,31,33,35H,5,12-13,15-18H2,1-4H3,(H,32,34)/t25-,26-,27+/m0/s1. The van der Waals surface area contributed by atoms with Crippen LogP contribution in [0.25, 0.3) is 0 Å². The van der Waals surface area contributed by atoms with Gasteiger partial charge in [-0.05, 0) is 78.8 Å². The quantitative estimate of drug-likeness (QED) is 0.433. The third kappa shape index (κ3) is 6.62. The van der Waals surface area contributed by atoms with Crippen LogP contribution in [-0.2, 0) is 17.6 Å². The Bertz CT molecular complexity index is 1030. The van der Waals surface area contributed by atoms with Crippen LogP contribution in [0.1, 0.15) is 76.1 Å². The van der Waals surface area contributed by atoms with Gasteiger partial charge in [-0.2, -0.15) is 0 Å². The third-order valence-corrected chi connectivity index (χ3v) is 7.33. The lowest BCUT2D eigenvalue weighted by Crippen LogP contribution is -2.53. The van der Waals surface area contributed by atoms with E-state index in [0.717, 1.165) is 31.2 Å². The fourth-order valence-electron chi connectivity index (χ4n) is 5.51. The van der Waals surface area contributed by atoms with Gasteiger partial charge in [0.2, 0.25) is 5.91 Å². The number of carbonyl (C=O) groups is 1. The summed E-state index contributed by atoms with van der Waals surface area (Å²) in [6.45, 7) is 8.57. The number of halogens is 1. The second-order valence-electron chi connectivity index (χ2n) is 11.8. The molecular formula is C29H40FN3O2. The van der Waals surface area contributed by atoms with Crippen LogP contribution >= 0.6 is 0 Å². The van der Waals surface area contributed by atoms with Crippen LogP contribution < -0.4 is 16.0 Å². The van der Waals surface area contributed by atoms with Crippen molar-refractivity contribution in [2.75, 3.05) is 11.9 Å². The Morgan fingerprint density at radius 3 is 2.46 bits per heavy atom. The molecule has 1 heterocycles. The largest absolute Gasteiger partial charge is 0.390 e. The lowest BCUT2D eigenvalue weighted by atomic mass is 9.69. The number of hydrogen-bond acceptors (Lipinski definition) is 4. The number of carbonyl (C=O) groups excluding carboxylic acids is 1. The van der Waals surface area contributed by atoms with E-state index in [4.69, 9.17) is 0 Å². The molecular weight excluding hydrogens is 441 g/mol. The molecule has 1 amide bonds. The van der Waals surface area contributed by atoms with E-state index in [1.165, 1.54) is 42.3 Å². The van der Waals surface area contributed by atoms with Crippen LogP contribution in [0.4, 0.5) is 10.1 Å². The zero-order valence-electron chi connectivity index (χ0n) is 21.5. The van der Waals surface area contributed by atoms with Crippen LogP contribution in [0.15, 0.2) is 42.5 Å². The second kappa shape index (κ2) is 10.3. The molecule has 1 saturated carbocycles. The van der Waals surface area contributed by atoms with Crippen molar-refractivity contribution in [3.63, 3.8) is 0 Å². The van der Waals surface area contributed by atoms with Crippen molar-refractivity contribution in [1.82, 2.24) is 10.6 Å². The summed E-state index contributed by atoms with van der Waals surface area (Å²) in [6.07, 6.45) is 5.20. The van der Waals surface area contributed by atoms with Gasteiger partial charge < -0.3 is 21.1 Å². The highest BCUT2D eigenvalue weighted by Crippen LogP contribution is 2.47. The Balaban J connectivity index is 1.49.